The van der Waals surface area contributed by atoms with Crippen molar-refractivity contribution < 1.29 is 0 Å². The van der Waals surface area contributed by atoms with E-state index >= 15 is 0 Å². The highest BCUT2D eigenvalue weighted by atomic mass is 35.5. The van der Waals surface area contributed by atoms with Crippen molar-refractivity contribution in [2.45, 2.75) is 32.1 Å². The summed E-state index contributed by atoms with van der Waals surface area (Å²) in [5.41, 5.74) is 1.09. The molecule has 0 radical (unpaired) electrons. The molecule has 1 aromatic heterocycles. The topological polar surface area (TPSA) is 12.9 Å². The summed E-state index contributed by atoms with van der Waals surface area (Å²) in [6.45, 7) is 4.31. The van der Waals surface area contributed by atoms with Crippen molar-refractivity contribution in [3.63, 3.8) is 0 Å². The van der Waals surface area contributed by atoms with Gasteiger partial charge in [-0.3, -0.25) is 4.98 Å². The van der Waals surface area contributed by atoms with E-state index in [1.807, 2.05) is 6.07 Å². The van der Waals surface area contributed by atoms with Crippen molar-refractivity contribution >= 4 is 23.2 Å². The minimum Gasteiger partial charge on any atom is -0.263 e. The van der Waals surface area contributed by atoms with Gasteiger partial charge in [0, 0.05) is 17.8 Å². The van der Waals surface area contributed by atoms with Gasteiger partial charge in [0.05, 0.1) is 5.02 Å². The quantitative estimate of drug-likeness (QED) is 0.716. The molecule has 0 aliphatic carbocycles. The lowest BCUT2D eigenvalue weighted by Gasteiger charge is -2.16. The molecule has 0 aromatic carbocycles. The van der Waals surface area contributed by atoms with Gasteiger partial charge in [0.1, 0.15) is 0 Å². The van der Waals surface area contributed by atoms with E-state index in [1.165, 1.54) is 0 Å². The molecule has 0 spiro atoms. The minimum absolute atomic E-state index is 0.153. The Morgan fingerprint density at radius 3 is 2.79 bits per heavy atom. The first-order valence-electron chi connectivity index (χ1n) is 4.87. The van der Waals surface area contributed by atoms with E-state index in [4.69, 9.17) is 23.2 Å². The van der Waals surface area contributed by atoms with Gasteiger partial charge in [-0.15, -0.1) is 11.6 Å². The average molecular weight is 232 g/mol. The molecule has 1 rings (SSSR count). The number of aromatic nitrogens is 1. The van der Waals surface area contributed by atoms with Crippen molar-refractivity contribution in [3.05, 3.63) is 29.0 Å². The molecule has 0 saturated heterocycles. The molecule has 14 heavy (non-hydrogen) atoms. The average Bonchev–Trinajstić information content (AvgIpc) is 2.20. The normalized spacial score (nSPS) is 15.1. The molecule has 2 atom stereocenters. The van der Waals surface area contributed by atoms with Gasteiger partial charge in [-0.2, -0.15) is 0 Å². The van der Waals surface area contributed by atoms with Gasteiger partial charge in [0.2, 0.25) is 0 Å². The predicted molar refractivity (Wildman–Crippen MR) is 62.0 cm³/mol. The summed E-state index contributed by atoms with van der Waals surface area (Å²) in [5.74, 6) is 0.515. The van der Waals surface area contributed by atoms with Gasteiger partial charge >= 0.3 is 0 Å². The van der Waals surface area contributed by atoms with Crippen LogP contribution in [-0.2, 0) is 6.42 Å². The van der Waals surface area contributed by atoms with E-state index in [0.29, 0.717) is 10.9 Å². The third-order valence-electron chi connectivity index (χ3n) is 2.53. The standard InChI is InChI=1S/C11H15Cl2N/c1-3-8(2)10(12)6-9-4-5-14-7-11(9)13/h4-5,7-8,10H,3,6H2,1-2H3. The molecule has 1 aromatic rings. The van der Waals surface area contributed by atoms with E-state index in [0.717, 1.165) is 18.4 Å². The Balaban J connectivity index is 2.64. The van der Waals surface area contributed by atoms with E-state index in [-0.39, 0.29) is 5.38 Å². The summed E-state index contributed by atoms with van der Waals surface area (Å²) in [4.78, 5) is 3.94. The highest BCUT2D eigenvalue weighted by molar-refractivity contribution is 6.31. The fourth-order valence-corrected chi connectivity index (χ4v) is 1.78. The maximum absolute atomic E-state index is 6.26. The number of alkyl halides is 1. The summed E-state index contributed by atoms with van der Waals surface area (Å²) in [5, 5.41) is 0.862. The molecule has 3 heteroatoms. The zero-order chi connectivity index (χ0) is 10.6. The van der Waals surface area contributed by atoms with Crippen molar-refractivity contribution in [3.8, 4) is 0 Å². The Morgan fingerprint density at radius 2 is 2.21 bits per heavy atom. The van der Waals surface area contributed by atoms with Crippen LogP contribution < -0.4 is 0 Å². The zero-order valence-electron chi connectivity index (χ0n) is 8.50. The summed E-state index contributed by atoms with van der Waals surface area (Å²) >= 11 is 12.3. The van der Waals surface area contributed by atoms with Gasteiger partial charge in [0.15, 0.2) is 0 Å². The molecule has 0 N–H and O–H groups in total. The van der Waals surface area contributed by atoms with E-state index in [2.05, 4.69) is 18.8 Å². The molecular weight excluding hydrogens is 217 g/mol. The van der Waals surface area contributed by atoms with Crippen LogP contribution >= 0.6 is 23.2 Å². The second-order valence-corrected chi connectivity index (χ2v) is 4.54. The molecule has 0 amide bonds. The lowest BCUT2D eigenvalue weighted by Crippen LogP contribution is -2.13. The van der Waals surface area contributed by atoms with E-state index < -0.39 is 0 Å². The highest BCUT2D eigenvalue weighted by Gasteiger charge is 2.14. The smallest absolute Gasteiger partial charge is 0.0621 e. The van der Waals surface area contributed by atoms with E-state index in [1.54, 1.807) is 12.4 Å². The predicted octanol–water partition coefficient (Wildman–Crippen LogP) is 3.93. The monoisotopic (exact) mass is 231 g/mol. The van der Waals surface area contributed by atoms with Crippen LogP contribution in [0.5, 0.6) is 0 Å². The van der Waals surface area contributed by atoms with Crippen LogP contribution in [0.2, 0.25) is 5.02 Å². The Kier molecular flexibility index (Phi) is 4.70. The Labute approximate surface area is 95.4 Å². The van der Waals surface area contributed by atoms with Crippen LogP contribution in [0.15, 0.2) is 18.5 Å². The lowest BCUT2D eigenvalue weighted by atomic mass is 9.99. The van der Waals surface area contributed by atoms with Crippen LogP contribution in [0.1, 0.15) is 25.8 Å². The number of rotatable bonds is 4. The third kappa shape index (κ3) is 3.14. The maximum Gasteiger partial charge on any atom is 0.0621 e. The molecule has 0 aliphatic rings. The van der Waals surface area contributed by atoms with E-state index in [9.17, 15) is 0 Å². The van der Waals surface area contributed by atoms with Gasteiger partial charge in [-0.1, -0.05) is 31.9 Å². The van der Waals surface area contributed by atoms with Crippen LogP contribution in [-0.4, -0.2) is 10.4 Å². The number of pyridine rings is 1. The minimum atomic E-state index is 0.153. The Bertz CT molecular complexity index is 288. The SMILES string of the molecule is CCC(C)C(Cl)Cc1ccncc1Cl. The van der Waals surface area contributed by atoms with Crippen molar-refractivity contribution in [2.24, 2.45) is 5.92 Å². The zero-order valence-corrected chi connectivity index (χ0v) is 10.0. The molecule has 0 aliphatic heterocycles. The van der Waals surface area contributed by atoms with Gasteiger partial charge in [-0.25, -0.2) is 0 Å². The van der Waals surface area contributed by atoms with Crippen LogP contribution in [0.25, 0.3) is 0 Å². The van der Waals surface area contributed by atoms with Crippen LogP contribution in [0, 0.1) is 5.92 Å². The number of nitrogens with zero attached hydrogens (tertiary/aromatic N) is 1. The van der Waals surface area contributed by atoms with Crippen molar-refractivity contribution in [1.82, 2.24) is 4.98 Å². The maximum atomic E-state index is 6.26. The highest BCUT2D eigenvalue weighted by Crippen LogP contribution is 2.22. The first-order chi connectivity index (χ1) is 6.65. The molecular formula is C11H15Cl2N. The largest absolute Gasteiger partial charge is 0.263 e. The molecule has 0 fully saturated rings. The second kappa shape index (κ2) is 5.57. The second-order valence-electron chi connectivity index (χ2n) is 3.57. The summed E-state index contributed by atoms with van der Waals surface area (Å²) in [6, 6.07) is 1.93. The molecule has 1 heterocycles. The number of halogens is 2. The number of hydrogen-bond donors (Lipinski definition) is 0. The Morgan fingerprint density at radius 1 is 1.50 bits per heavy atom. The number of hydrogen-bond acceptors (Lipinski definition) is 1. The third-order valence-corrected chi connectivity index (χ3v) is 3.46. The van der Waals surface area contributed by atoms with Gasteiger partial charge < -0.3 is 0 Å². The molecule has 0 bridgehead atoms. The lowest BCUT2D eigenvalue weighted by molar-refractivity contribution is 0.525. The van der Waals surface area contributed by atoms with Crippen LogP contribution in [0.4, 0.5) is 0 Å². The van der Waals surface area contributed by atoms with Crippen LogP contribution in [0.3, 0.4) is 0 Å². The molecule has 2 unspecified atom stereocenters. The molecule has 78 valence electrons. The fourth-order valence-electron chi connectivity index (χ4n) is 1.24. The first kappa shape index (κ1) is 11.8. The first-order valence-corrected chi connectivity index (χ1v) is 5.69. The summed E-state index contributed by atoms with van der Waals surface area (Å²) in [6.07, 6.45) is 5.33. The van der Waals surface area contributed by atoms with Crippen molar-refractivity contribution in [1.29, 1.82) is 0 Å². The van der Waals surface area contributed by atoms with Gasteiger partial charge in [0.25, 0.3) is 0 Å². The Hall–Kier alpha value is -0.270. The summed E-state index contributed by atoms with van der Waals surface area (Å²) < 4.78 is 0. The summed E-state index contributed by atoms with van der Waals surface area (Å²) in [7, 11) is 0. The van der Waals surface area contributed by atoms with Gasteiger partial charge in [-0.05, 0) is 24.0 Å². The molecule has 1 nitrogen and oxygen atoms in total. The van der Waals surface area contributed by atoms with Crippen molar-refractivity contribution in [2.75, 3.05) is 0 Å². The molecule has 0 saturated carbocycles. The fraction of sp³-hybridized carbons (Fsp3) is 0.545.